The van der Waals surface area contributed by atoms with Gasteiger partial charge in [0, 0.05) is 74.2 Å². The van der Waals surface area contributed by atoms with Gasteiger partial charge in [-0.25, -0.2) is 9.97 Å². The number of aromatic nitrogens is 2. The summed E-state index contributed by atoms with van der Waals surface area (Å²) in [5.41, 5.74) is 21.8. The maximum absolute atomic E-state index is 14.8. The number of nitrogens with one attached hydrogen (secondary N) is 1. The number of hydrogen-bond donors (Lipinski definition) is 5. The Hall–Kier alpha value is -6.99. The van der Waals surface area contributed by atoms with Gasteiger partial charge in [-0.3, -0.25) is 29.0 Å². The third-order valence-corrected chi connectivity index (χ3v) is 12.0. The van der Waals surface area contributed by atoms with Crippen LogP contribution in [0.3, 0.4) is 0 Å². The largest absolute Gasteiger partial charge is 0.507 e. The molecule has 3 aromatic carbocycles. The molecular weight excluding hydrogens is 851 g/mol. The Balaban J connectivity index is 1.55. The molecule has 0 unspecified atom stereocenters. The number of phenols is 1. The van der Waals surface area contributed by atoms with E-state index in [0.717, 1.165) is 11.1 Å². The SMILES string of the molecule is Cc1nc(-c2ccc(C(C)(C)C)cc2)nc(C)c1C(=O)C[C@@H](CCN)C(=O)N(C)[C@@H]1C(=O)C[C@@H](C)C(=O)N[C@H](C(=O)CCC#N)Cc2ccc(O)c(c2)-c2cc1ccc2OCCCN=C(N)N. The normalized spacial score (nSPS) is 16.7. The number of carbonyl (C=O) groups excluding carboxylic acids is 5. The summed E-state index contributed by atoms with van der Waals surface area (Å²) in [4.78, 5) is 85.6. The molecule has 0 spiro atoms. The highest BCUT2D eigenvalue weighted by atomic mass is 16.5. The number of amides is 2. The summed E-state index contributed by atoms with van der Waals surface area (Å²) in [5, 5.41) is 23.4. The Morgan fingerprint density at radius 2 is 1.69 bits per heavy atom. The molecule has 1 aromatic heterocycles. The number of rotatable bonds is 16. The number of nitrogens with two attached hydrogens (primary N) is 3. The summed E-state index contributed by atoms with van der Waals surface area (Å²) in [6.07, 6.45) is -0.137. The van der Waals surface area contributed by atoms with E-state index in [0.29, 0.717) is 63.7 Å². The van der Waals surface area contributed by atoms with Crippen molar-refractivity contribution in [1.29, 1.82) is 5.26 Å². The molecule has 2 heterocycles. The van der Waals surface area contributed by atoms with Crippen LogP contribution in [0.5, 0.6) is 11.5 Å². The van der Waals surface area contributed by atoms with E-state index in [-0.39, 0.29) is 80.4 Å². The standard InChI is InChI=1S/C51H63N9O7/c1-29-24-43(64)46(60(7)49(66)35(19-21-53)28-42(63)45-30(2)57-47(58-31(45)3)33-12-15-36(16-13-33)51(4,5)6)34-14-18-44(67-23-9-22-56-50(54)55)38(27-34)37-25-32(11-17-40(37)61)26-39(59-48(29)65)41(62)10-8-20-52/h11-18,25,27,29,35,39,46,61H,8-10,19,21-24,26,28,53H2,1-7H3,(H,59,65)(H4,54,55,56)/t29-,35-,39+,46+/m1/s1. The number of aliphatic imine (C=N–C) groups is 1. The van der Waals surface area contributed by atoms with Gasteiger partial charge in [0.1, 0.15) is 17.5 Å². The van der Waals surface area contributed by atoms with Crippen LogP contribution < -0.4 is 27.3 Å². The molecule has 0 radical (unpaired) electrons. The highest BCUT2D eigenvalue weighted by molar-refractivity contribution is 6.01. The smallest absolute Gasteiger partial charge is 0.226 e. The highest BCUT2D eigenvalue weighted by Crippen LogP contribution is 2.40. The topological polar surface area (TPSA) is 270 Å². The van der Waals surface area contributed by atoms with Crippen LogP contribution in [0.4, 0.5) is 0 Å². The first kappa shape index (κ1) is 51.0. The Kier molecular flexibility index (Phi) is 17.1. The summed E-state index contributed by atoms with van der Waals surface area (Å²) < 4.78 is 6.22. The lowest BCUT2D eigenvalue weighted by molar-refractivity contribution is -0.142. The molecule has 8 N–H and O–H groups in total. The number of benzene rings is 3. The number of likely N-dealkylation sites (N-methyl/N-ethyl adjacent to an activating group) is 1. The average Bonchev–Trinajstić information content (AvgIpc) is 3.27. The third kappa shape index (κ3) is 12.9. The van der Waals surface area contributed by atoms with Crippen LogP contribution >= 0.6 is 0 Å². The molecule has 0 saturated carbocycles. The van der Waals surface area contributed by atoms with Crippen molar-refractivity contribution >= 4 is 35.1 Å². The lowest BCUT2D eigenvalue weighted by Gasteiger charge is -2.32. The fourth-order valence-electron chi connectivity index (χ4n) is 8.34. The second kappa shape index (κ2) is 22.5. The molecule has 4 atom stereocenters. The molecule has 16 nitrogen and oxygen atoms in total. The van der Waals surface area contributed by atoms with Crippen molar-refractivity contribution < 1.29 is 33.8 Å². The van der Waals surface area contributed by atoms with Crippen LogP contribution in [0.25, 0.3) is 22.5 Å². The second-order valence-corrected chi connectivity index (χ2v) is 18.3. The van der Waals surface area contributed by atoms with Crippen LogP contribution in [0.2, 0.25) is 0 Å². The van der Waals surface area contributed by atoms with E-state index in [1.165, 1.54) is 18.0 Å². The van der Waals surface area contributed by atoms with Crippen LogP contribution in [-0.4, -0.2) is 87.9 Å². The fourth-order valence-corrected chi connectivity index (χ4v) is 8.34. The number of guanidine groups is 1. The molecule has 1 aliphatic rings. The molecule has 354 valence electrons. The minimum atomic E-state index is -1.29. The first-order chi connectivity index (χ1) is 31.7. The van der Waals surface area contributed by atoms with Crippen molar-refractivity contribution in [1.82, 2.24) is 20.2 Å². The minimum Gasteiger partial charge on any atom is -0.507 e. The molecular formula is C51H63N9O7. The fraction of sp³-hybridized carbons (Fsp3) is 0.431. The zero-order valence-electron chi connectivity index (χ0n) is 39.5. The van der Waals surface area contributed by atoms with Crippen LogP contribution in [-0.2, 0) is 31.0 Å². The molecule has 0 aliphatic carbocycles. The molecule has 4 bridgehead atoms. The second-order valence-electron chi connectivity index (χ2n) is 18.3. The molecule has 1 aliphatic heterocycles. The number of Topliss-reactive ketones (excluding diaryl/α,β-unsaturated/α-hetero) is 3. The summed E-state index contributed by atoms with van der Waals surface area (Å²) in [6.45, 7) is 12.0. The van der Waals surface area contributed by atoms with Crippen molar-refractivity contribution in [3.8, 4) is 40.1 Å². The van der Waals surface area contributed by atoms with Gasteiger partial charge in [-0.05, 0) is 79.6 Å². The van der Waals surface area contributed by atoms with E-state index >= 15 is 0 Å². The van der Waals surface area contributed by atoms with Gasteiger partial charge in [0.05, 0.1) is 35.7 Å². The summed E-state index contributed by atoms with van der Waals surface area (Å²) >= 11 is 0. The predicted octanol–water partition coefficient (Wildman–Crippen LogP) is 5.72. The Labute approximate surface area is 392 Å². The first-order valence-electron chi connectivity index (χ1n) is 22.6. The summed E-state index contributed by atoms with van der Waals surface area (Å²) in [5.74, 6) is -3.61. The Morgan fingerprint density at radius 3 is 2.31 bits per heavy atom. The quantitative estimate of drug-likeness (QED) is 0.0390. The van der Waals surface area contributed by atoms with Gasteiger partial charge in [0.2, 0.25) is 11.8 Å². The van der Waals surface area contributed by atoms with Crippen molar-refractivity contribution in [2.75, 3.05) is 26.7 Å². The van der Waals surface area contributed by atoms with Gasteiger partial charge in [0.15, 0.2) is 29.1 Å². The van der Waals surface area contributed by atoms with E-state index in [2.05, 4.69) is 31.1 Å². The zero-order chi connectivity index (χ0) is 49.2. The lowest BCUT2D eigenvalue weighted by atomic mass is 9.86. The molecule has 67 heavy (non-hydrogen) atoms. The Bertz CT molecular complexity index is 2530. The van der Waals surface area contributed by atoms with Gasteiger partial charge in [0.25, 0.3) is 0 Å². The number of hydrogen-bond acceptors (Lipinski definition) is 12. The molecule has 0 fully saturated rings. The molecule has 16 heteroatoms. The number of aromatic hydroxyl groups is 1. The predicted molar refractivity (Wildman–Crippen MR) is 256 cm³/mol. The first-order valence-corrected chi connectivity index (χ1v) is 22.6. The van der Waals surface area contributed by atoms with E-state index in [1.54, 1.807) is 51.1 Å². The third-order valence-electron chi connectivity index (χ3n) is 12.0. The van der Waals surface area contributed by atoms with Gasteiger partial charge in [-0.2, -0.15) is 5.26 Å². The van der Waals surface area contributed by atoms with Gasteiger partial charge >= 0.3 is 0 Å². The number of ketones is 3. The summed E-state index contributed by atoms with van der Waals surface area (Å²) in [7, 11) is 1.47. The Morgan fingerprint density at radius 1 is 1.00 bits per heavy atom. The molecule has 2 amide bonds. The van der Waals surface area contributed by atoms with Gasteiger partial charge < -0.3 is 37.3 Å². The lowest BCUT2D eigenvalue weighted by Crippen LogP contribution is -2.46. The number of carbonyl (C=O) groups is 5. The number of ether oxygens (including phenoxy) is 1. The van der Waals surface area contributed by atoms with Crippen molar-refractivity contribution in [3.63, 3.8) is 0 Å². The van der Waals surface area contributed by atoms with E-state index in [1.807, 2.05) is 30.3 Å². The zero-order valence-corrected chi connectivity index (χ0v) is 39.5. The van der Waals surface area contributed by atoms with E-state index in [9.17, 15) is 34.3 Å². The van der Waals surface area contributed by atoms with Crippen LogP contribution in [0.15, 0.2) is 65.7 Å². The van der Waals surface area contributed by atoms with E-state index < -0.39 is 41.5 Å². The molecule has 0 saturated heterocycles. The average molecular weight is 914 g/mol. The number of nitrogens with zero attached hydrogens (tertiary/aromatic N) is 5. The minimum absolute atomic E-state index is 0.0375. The summed E-state index contributed by atoms with van der Waals surface area (Å²) in [6, 6.07) is 17.3. The van der Waals surface area contributed by atoms with Crippen LogP contribution in [0.1, 0.15) is 111 Å². The van der Waals surface area contributed by atoms with Crippen molar-refractivity contribution in [2.45, 2.75) is 104 Å². The molecule has 5 rings (SSSR count). The maximum atomic E-state index is 14.8. The number of aryl methyl sites for hydroxylation is 2. The van der Waals surface area contributed by atoms with E-state index in [4.69, 9.17) is 31.9 Å². The van der Waals surface area contributed by atoms with Gasteiger partial charge in [-0.1, -0.05) is 64.1 Å². The maximum Gasteiger partial charge on any atom is 0.226 e. The number of fused-ring (bicyclic) bond motifs is 5. The number of phenolic OH excluding ortho intramolecular Hbond substituents is 1. The van der Waals surface area contributed by atoms with Crippen LogP contribution in [0, 0.1) is 37.0 Å². The molecule has 4 aromatic rings. The highest BCUT2D eigenvalue weighted by Gasteiger charge is 2.36. The monoisotopic (exact) mass is 913 g/mol. The van der Waals surface area contributed by atoms with Crippen molar-refractivity contribution in [2.24, 2.45) is 34.0 Å². The van der Waals surface area contributed by atoms with Crippen molar-refractivity contribution in [3.05, 3.63) is 94.3 Å². The van der Waals surface area contributed by atoms with Gasteiger partial charge in [-0.15, -0.1) is 0 Å². The number of nitriles is 1.